The molecule has 5 rings (SSSR count). The van der Waals surface area contributed by atoms with Gasteiger partial charge in [0.1, 0.15) is 11.6 Å². The molecule has 0 saturated carbocycles. The molecule has 2 aromatic carbocycles. The molecule has 3 heterocycles. The first kappa shape index (κ1) is 26.1. The van der Waals surface area contributed by atoms with Crippen LogP contribution in [0.3, 0.4) is 0 Å². The van der Waals surface area contributed by atoms with Crippen molar-refractivity contribution >= 4 is 16.7 Å². The largest absolute Gasteiger partial charge is 0.418 e. The van der Waals surface area contributed by atoms with Crippen LogP contribution in [0.5, 0.6) is 0 Å². The standard InChI is InChI=1S/C29H30F3N5O/c1-19-16-37(17-20(2)38-19)18-26-35-25-15-22(27-24(29(30,31)32)9-6-13-33-27)10-11-23(25)28(36-26)34-14-12-21-7-4-3-5-8-21/h3-11,13,15,19-20H,12,14,16-18H2,1-2H3,(H,34,35,36)/t19-,20?/m1/s1. The molecule has 0 spiro atoms. The summed E-state index contributed by atoms with van der Waals surface area (Å²) in [5, 5.41) is 4.19. The number of anilines is 1. The molecule has 1 aliphatic heterocycles. The lowest BCUT2D eigenvalue weighted by molar-refractivity contribution is -0.137. The van der Waals surface area contributed by atoms with Crippen molar-refractivity contribution in [3.8, 4) is 11.3 Å². The number of hydrogen-bond acceptors (Lipinski definition) is 6. The number of fused-ring (bicyclic) bond motifs is 1. The Morgan fingerprint density at radius 2 is 1.74 bits per heavy atom. The first-order valence-electron chi connectivity index (χ1n) is 12.7. The molecule has 0 radical (unpaired) electrons. The van der Waals surface area contributed by atoms with E-state index in [0.717, 1.165) is 31.0 Å². The van der Waals surface area contributed by atoms with Crippen molar-refractivity contribution in [3.05, 3.63) is 83.8 Å². The van der Waals surface area contributed by atoms with Crippen molar-refractivity contribution in [2.24, 2.45) is 0 Å². The van der Waals surface area contributed by atoms with Gasteiger partial charge in [-0.1, -0.05) is 36.4 Å². The summed E-state index contributed by atoms with van der Waals surface area (Å²) in [5.74, 6) is 1.27. The lowest BCUT2D eigenvalue weighted by Gasteiger charge is -2.34. The minimum atomic E-state index is -4.51. The molecule has 2 aromatic heterocycles. The van der Waals surface area contributed by atoms with E-state index >= 15 is 0 Å². The zero-order valence-corrected chi connectivity index (χ0v) is 21.4. The van der Waals surface area contributed by atoms with E-state index in [9.17, 15) is 13.2 Å². The molecule has 0 amide bonds. The number of aromatic nitrogens is 3. The monoisotopic (exact) mass is 521 g/mol. The molecule has 0 bridgehead atoms. The predicted octanol–water partition coefficient (Wildman–Crippen LogP) is 5.97. The fourth-order valence-corrected chi connectivity index (χ4v) is 4.98. The number of nitrogens with zero attached hydrogens (tertiary/aromatic N) is 4. The summed E-state index contributed by atoms with van der Waals surface area (Å²) < 4.78 is 46.9. The van der Waals surface area contributed by atoms with Gasteiger partial charge in [0.2, 0.25) is 0 Å². The first-order chi connectivity index (χ1) is 18.3. The van der Waals surface area contributed by atoms with Crippen LogP contribution in [0.15, 0.2) is 66.9 Å². The van der Waals surface area contributed by atoms with E-state index in [0.29, 0.717) is 35.8 Å². The molecule has 1 fully saturated rings. The predicted molar refractivity (Wildman–Crippen MR) is 142 cm³/mol. The Labute approximate surface area is 219 Å². The van der Waals surface area contributed by atoms with Crippen molar-refractivity contribution in [1.29, 1.82) is 0 Å². The SMILES string of the molecule is CC1CN(Cc2nc(NCCc3ccccc3)c3ccc(-c4ncccc4C(F)(F)F)cc3n2)C[C@@H](C)O1. The summed E-state index contributed by atoms with van der Waals surface area (Å²) in [5.41, 5.74) is 1.25. The van der Waals surface area contributed by atoms with Crippen molar-refractivity contribution in [1.82, 2.24) is 19.9 Å². The number of nitrogens with one attached hydrogen (secondary N) is 1. The van der Waals surface area contributed by atoms with Gasteiger partial charge in [-0.3, -0.25) is 9.88 Å². The number of halogens is 3. The van der Waals surface area contributed by atoms with Gasteiger partial charge in [0, 0.05) is 36.8 Å². The average molecular weight is 522 g/mol. The van der Waals surface area contributed by atoms with Gasteiger partial charge in [0.15, 0.2) is 0 Å². The maximum Gasteiger partial charge on any atom is 0.418 e. The van der Waals surface area contributed by atoms with Gasteiger partial charge in [0.05, 0.1) is 35.5 Å². The molecule has 9 heteroatoms. The molecule has 198 valence electrons. The van der Waals surface area contributed by atoms with E-state index in [1.165, 1.54) is 17.8 Å². The van der Waals surface area contributed by atoms with Crippen molar-refractivity contribution in [2.45, 2.75) is 45.2 Å². The number of rotatable bonds is 7. The summed E-state index contributed by atoms with van der Waals surface area (Å²) in [6.45, 7) is 6.76. The second kappa shape index (κ2) is 11.0. The Kier molecular flexibility index (Phi) is 7.58. The van der Waals surface area contributed by atoms with E-state index in [4.69, 9.17) is 14.7 Å². The van der Waals surface area contributed by atoms with E-state index < -0.39 is 11.7 Å². The topological polar surface area (TPSA) is 63.2 Å². The summed E-state index contributed by atoms with van der Waals surface area (Å²) in [4.78, 5) is 15.9. The van der Waals surface area contributed by atoms with Crippen LogP contribution in [-0.4, -0.2) is 51.7 Å². The van der Waals surface area contributed by atoms with E-state index in [-0.39, 0.29) is 17.9 Å². The Hall–Kier alpha value is -3.56. The summed E-state index contributed by atoms with van der Waals surface area (Å²) >= 11 is 0. The smallest absolute Gasteiger partial charge is 0.373 e. The molecular weight excluding hydrogens is 491 g/mol. The molecule has 1 N–H and O–H groups in total. The van der Waals surface area contributed by atoms with E-state index in [2.05, 4.69) is 27.3 Å². The van der Waals surface area contributed by atoms with Gasteiger partial charge in [-0.25, -0.2) is 9.97 Å². The zero-order valence-electron chi connectivity index (χ0n) is 21.4. The van der Waals surface area contributed by atoms with Gasteiger partial charge in [-0.05, 0) is 50.1 Å². The molecular formula is C29H30F3N5O. The Balaban J connectivity index is 1.50. The number of morpholine rings is 1. The molecule has 1 unspecified atom stereocenters. The number of alkyl halides is 3. The maximum absolute atomic E-state index is 13.7. The highest BCUT2D eigenvalue weighted by atomic mass is 19.4. The fraction of sp³-hybridized carbons (Fsp3) is 0.345. The number of ether oxygens (including phenoxy) is 1. The highest BCUT2D eigenvalue weighted by molar-refractivity contribution is 5.92. The number of pyridine rings is 1. The number of hydrogen-bond donors (Lipinski definition) is 1. The molecule has 1 saturated heterocycles. The third-order valence-electron chi connectivity index (χ3n) is 6.54. The lowest BCUT2D eigenvalue weighted by atomic mass is 10.0. The zero-order chi connectivity index (χ0) is 26.7. The van der Waals surface area contributed by atoms with Crippen LogP contribution in [0.2, 0.25) is 0 Å². The second-order valence-electron chi connectivity index (χ2n) is 9.73. The Bertz CT molecular complexity index is 1390. The molecule has 4 aromatic rings. The van der Waals surface area contributed by atoms with Crippen LogP contribution >= 0.6 is 0 Å². The highest BCUT2D eigenvalue weighted by Gasteiger charge is 2.34. The quantitative estimate of drug-likeness (QED) is 0.323. The van der Waals surface area contributed by atoms with Crippen LogP contribution in [0, 0.1) is 0 Å². The van der Waals surface area contributed by atoms with Gasteiger partial charge in [-0.2, -0.15) is 13.2 Å². The molecule has 0 aliphatic carbocycles. The minimum absolute atomic E-state index is 0.0965. The van der Waals surface area contributed by atoms with Gasteiger partial charge < -0.3 is 10.1 Å². The fourth-order valence-electron chi connectivity index (χ4n) is 4.98. The molecule has 2 atom stereocenters. The number of benzene rings is 2. The van der Waals surface area contributed by atoms with Crippen LogP contribution < -0.4 is 5.32 Å². The molecule has 1 aliphatic rings. The Morgan fingerprint density at radius 3 is 2.47 bits per heavy atom. The maximum atomic E-state index is 13.7. The summed E-state index contributed by atoms with van der Waals surface area (Å²) in [6.07, 6.45) is -2.14. The van der Waals surface area contributed by atoms with Crippen molar-refractivity contribution in [3.63, 3.8) is 0 Å². The van der Waals surface area contributed by atoms with E-state index in [1.807, 2.05) is 32.0 Å². The third-order valence-corrected chi connectivity index (χ3v) is 6.54. The molecule has 38 heavy (non-hydrogen) atoms. The lowest BCUT2D eigenvalue weighted by Crippen LogP contribution is -2.45. The van der Waals surface area contributed by atoms with Gasteiger partial charge in [0.25, 0.3) is 0 Å². The summed E-state index contributed by atoms with van der Waals surface area (Å²) in [7, 11) is 0. The van der Waals surface area contributed by atoms with Crippen LogP contribution in [0.25, 0.3) is 22.2 Å². The van der Waals surface area contributed by atoms with Crippen LogP contribution in [0.4, 0.5) is 19.0 Å². The van der Waals surface area contributed by atoms with Crippen LogP contribution in [0.1, 0.15) is 30.8 Å². The second-order valence-corrected chi connectivity index (χ2v) is 9.73. The molecule has 6 nitrogen and oxygen atoms in total. The third kappa shape index (κ3) is 6.11. The Morgan fingerprint density at radius 1 is 0.974 bits per heavy atom. The van der Waals surface area contributed by atoms with E-state index in [1.54, 1.807) is 18.2 Å². The van der Waals surface area contributed by atoms with Gasteiger partial charge in [-0.15, -0.1) is 0 Å². The van der Waals surface area contributed by atoms with Crippen molar-refractivity contribution in [2.75, 3.05) is 25.0 Å². The van der Waals surface area contributed by atoms with Crippen molar-refractivity contribution < 1.29 is 17.9 Å². The first-order valence-corrected chi connectivity index (χ1v) is 12.7. The highest BCUT2D eigenvalue weighted by Crippen LogP contribution is 2.36. The van der Waals surface area contributed by atoms with Gasteiger partial charge >= 0.3 is 6.18 Å². The normalized spacial score (nSPS) is 18.6. The average Bonchev–Trinajstić information content (AvgIpc) is 2.88. The van der Waals surface area contributed by atoms with Crippen LogP contribution in [-0.2, 0) is 23.9 Å². The summed E-state index contributed by atoms with van der Waals surface area (Å²) in [6, 6.07) is 17.6. The minimum Gasteiger partial charge on any atom is -0.373 e.